The molecule has 0 aliphatic rings. The summed E-state index contributed by atoms with van der Waals surface area (Å²) in [6.07, 6.45) is 3.06. The molecular formula is C14H15N3O3. The lowest BCUT2D eigenvalue weighted by Gasteiger charge is -2.04. The summed E-state index contributed by atoms with van der Waals surface area (Å²) in [4.78, 5) is 22.5. The molecule has 0 unspecified atom stereocenters. The number of ether oxygens (including phenoxy) is 1. The molecule has 1 N–H and O–H groups in total. The monoisotopic (exact) mass is 273 g/mol. The van der Waals surface area contributed by atoms with Gasteiger partial charge in [0.2, 0.25) is 5.91 Å². The molecule has 1 amide bonds. The Kier molecular flexibility index (Phi) is 4.14. The number of nitrogens with one attached hydrogen (secondary N) is 1. The van der Waals surface area contributed by atoms with Crippen molar-refractivity contribution in [3.05, 3.63) is 42.2 Å². The molecule has 0 aliphatic carbocycles. The molecule has 1 heterocycles. The van der Waals surface area contributed by atoms with Crippen molar-refractivity contribution >= 4 is 17.6 Å². The largest absolute Gasteiger partial charge is 0.462 e. The average molecular weight is 273 g/mol. The Morgan fingerprint density at radius 2 is 2.00 bits per heavy atom. The first-order valence-corrected chi connectivity index (χ1v) is 6.20. The van der Waals surface area contributed by atoms with Gasteiger partial charge in [0.05, 0.1) is 24.1 Å². The summed E-state index contributed by atoms with van der Waals surface area (Å²) >= 11 is 0. The third-order valence-electron chi connectivity index (χ3n) is 2.55. The van der Waals surface area contributed by atoms with Crippen molar-refractivity contribution in [2.24, 2.45) is 0 Å². The quantitative estimate of drug-likeness (QED) is 0.865. The highest BCUT2D eigenvalue weighted by Gasteiger charge is 2.10. The zero-order valence-corrected chi connectivity index (χ0v) is 11.3. The molecule has 20 heavy (non-hydrogen) atoms. The Balaban J connectivity index is 2.15. The van der Waals surface area contributed by atoms with Gasteiger partial charge >= 0.3 is 5.97 Å². The van der Waals surface area contributed by atoms with Gasteiger partial charge in [0.25, 0.3) is 0 Å². The second-order valence-corrected chi connectivity index (χ2v) is 4.12. The molecule has 0 saturated carbocycles. The van der Waals surface area contributed by atoms with Gasteiger partial charge in [-0.25, -0.2) is 9.48 Å². The van der Waals surface area contributed by atoms with E-state index in [0.29, 0.717) is 17.9 Å². The fourth-order valence-corrected chi connectivity index (χ4v) is 1.68. The maximum atomic E-state index is 11.5. The van der Waals surface area contributed by atoms with E-state index < -0.39 is 5.97 Å². The van der Waals surface area contributed by atoms with Crippen molar-refractivity contribution in [3.8, 4) is 5.69 Å². The van der Waals surface area contributed by atoms with Gasteiger partial charge in [-0.3, -0.25) is 4.79 Å². The number of carbonyl (C=O) groups excluding carboxylic acids is 2. The van der Waals surface area contributed by atoms with Crippen LogP contribution < -0.4 is 5.32 Å². The van der Waals surface area contributed by atoms with Crippen LogP contribution in [0.4, 0.5) is 5.69 Å². The van der Waals surface area contributed by atoms with Crippen molar-refractivity contribution in [2.45, 2.75) is 13.8 Å². The first kappa shape index (κ1) is 13.8. The molecule has 0 saturated heterocycles. The van der Waals surface area contributed by atoms with E-state index in [2.05, 4.69) is 10.4 Å². The number of nitrogens with zero attached hydrogens (tertiary/aromatic N) is 2. The third kappa shape index (κ3) is 3.23. The summed E-state index contributed by atoms with van der Waals surface area (Å²) in [5.41, 5.74) is 1.89. The van der Waals surface area contributed by atoms with Crippen LogP contribution in [0.2, 0.25) is 0 Å². The Hall–Kier alpha value is -2.63. The highest BCUT2D eigenvalue weighted by molar-refractivity contribution is 5.89. The summed E-state index contributed by atoms with van der Waals surface area (Å²) in [5, 5.41) is 6.79. The highest BCUT2D eigenvalue weighted by atomic mass is 16.5. The molecule has 6 heteroatoms. The van der Waals surface area contributed by atoms with E-state index >= 15 is 0 Å². The predicted octanol–water partition coefficient (Wildman–Crippen LogP) is 2.01. The molecule has 1 aromatic heterocycles. The fourth-order valence-electron chi connectivity index (χ4n) is 1.68. The zero-order chi connectivity index (χ0) is 14.5. The number of hydrogen-bond donors (Lipinski definition) is 1. The molecule has 0 atom stereocenters. The number of carbonyl (C=O) groups is 2. The van der Waals surface area contributed by atoms with Crippen molar-refractivity contribution < 1.29 is 14.3 Å². The molecule has 0 radical (unpaired) electrons. The normalized spacial score (nSPS) is 10.1. The van der Waals surface area contributed by atoms with Gasteiger partial charge in [0, 0.05) is 18.8 Å². The van der Waals surface area contributed by atoms with Gasteiger partial charge < -0.3 is 10.1 Å². The number of benzene rings is 1. The van der Waals surface area contributed by atoms with Crippen molar-refractivity contribution in [1.29, 1.82) is 0 Å². The van der Waals surface area contributed by atoms with Gasteiger partial charge in [-0.15, -0.1) is 0 Å². The first-order valence-electron chi connectivity index (χ1n) is 6.20. The zero-order valence-electron chi connectivity index (χ0n) is 11.3. The second kappa shape index (κ2) is 6.01. The number of anilines is 1. The van der Waals surface area contributed by atoms with E-state index in [1.165, 1.54) is 13.1 Å². The van der Waals surface area contributed by atoms with E-state index in [1.54, 1.807) is 42.1 Å². The van der Waals surface area contributed by atoms with E-state index in [9.17, 15) is 9.59 Å². The number of aromatic nitrogens is 2. The Labute approximate surface area is 116 Å². The van der Waals surface area contributed by atoms with E-state index in [1.807, 2.05) is 0 Å². The molecule has 1 aromatic carbocycles. The lowest BCUT2D eigenvalue weighted by Crippen LogP contribution is -2.05. The van der Waals surface area contributed by atoms with E-state index in [-0.39, 0.29) is 5.91 Å². The fraction of sp³-hybridized carbons (Fsp3) is 0.214. The van der Waals surface area contributed by atoms with E-state index in [4.69, 9.17) is 4.74 Å². The summed E-state index contributed by atoms with van der Waals surface area (Å²) in [5.74, 6) is -0.518. The second-order valence-electron chi connectivity index (χ2n) is 4.12. The summed E-state index contributed by atoms with van der Waals surface area (Å²) in [7, 11) is 0. The van der Waals surface area contributed by atoms with Crippen LogP contribution in [-0.4, -0.2) is 28.3 Å². The van der Waals surface area contributed by atoms with Crippen LogP contribution in [0.3, 0.4) is 0 Å². The van der Waals surface area contributed by atoms with E-state index in [0.717, 1.165) is 5.69 Å². The molecular weight excluding hydrogens is 258 g/mol. The number of rotatable bonds is 4. The minimum atomic E-state index is -0.395. The minimum Gasteiger partial charge on any atom is -0.462 e. The molecule has 0 spiro atoms. The van der Waals surface area contributed by atoms with Crippen LogP contribution in [0, 0.1) is 0 Å². The van der Waals surface area contributed by atoms with Gasteiger partial charge in [0.1, 0.15) is 0 Å². The lowest BCUT2D eigenvalue weighted by atomic mass is 10.3. The molecule has 0 bridgehead atoms. The van der Waals surface area contributed by atoms with Gasteiger partial charge in [0.15, 0.2) is 0 Å². The summed E-state index contributed by atoms with van der Waals surface area (Å²) in [6, 6.07) is 7.13. The Morgan fingerprint density at radius 1 is 1.30 bits per heavy atom. The number of esters is 1. The number of hydrogen-bond acceptors (Lipinski definition) is 4. The molecule has 2 aromatic rings. The average Bonchev–Trinajstić information content (AvgIpc) is 2.89. The topological polar surface area (TPSA) is 73.2 Å². The van der Waals surface area contributed by atoms with Crippen molar-refractivity contribution in [3.63, 3.8) is 0 Å². The highest BCUT2D eigenvalue weighted by Crippen LogP contribution is 2.13. The van der Waals surface area contributed by atoms with Gasteiger partial charge in [-0.2, -0.15) is 5.10 Å². The van der Waals surface area contributed by atoms with Crippen LogP contribution in [-0.2, 0) is 9.53 Å². The molecule has 2 rings (SSSR count). The molecule has 104 valence electrons. The van der Waals surface area contributed by atoms with Gasteiger partial charge in [-0.05, 0) is 31.2 Å². The maximum Gasteiger partial charge on any atom is 0.341 e. The predicted molar refractivity (Wildman–Crippen MR) is 73.8 cm³/mol. The maximum absolute atomic E-state index is 11.5. The summed E-state index contributed by atoms with van der Waals surface area (Å²) in [6.45, 7) is 3.53. The standard InChI is InChI=1S/C14H15N3O3/c1-3-20-14(19)11-8-15-17(9-11)13-6-4-12(5-7-13)16-10(2)18/h4-9H,3H2,1-2H3,(H,16,18). The van der Waals surface area contributed by atoms with Gasteiger partial charge in [-0.1, -0.05) is 0 Å². The lowest BCUT2D eigenvalue weighted by molar-refractivity contribution is -0.114. The van der Waals surface area contributed by atoms with Crippen molar-refractivity contribution in [1.82, 2.24) is 9.78 Å². The molecule has 6 nitrogen and oxygen atoms in total. The third-order valence-corrected chi connectivity index (χ3v) is 2.55. The van der Waals surface area contributed by atoms with Crippen LogP contribution >= 0.6 is 0 Å². The minimum absolute atomic E-state index is 0.124. The van der Waals surface area contributed by atoms with Crippen LogP contribution in [0.1, 0.15) is 24.2 Å². The van der Waals surface area contributed by atoms with Crippen LogP contribution in [0.5, 0.6) is 0 Å². The van der Waals surface area contributed by atoms with Crippen molar-refractivity contribution in [2.75, 3.05) is 11.9 Å². The Morgan fingerprint density at radius 3 is 2.60 bits per heavy atom. The molecule has 0 fully saturated rings. The number of amides is 1. The first-order chi connectivity index (χ1) is 9.60. The van der Waals surface area contributed by atoms with Crippen LogP contribution in [0.25, 0.3) is 5.69 Å². The molecule has 0 aliphatic heterocycles. The smallest absolute Gasteiger partial charge is 0.341 e. The SMILES string of the molecule is CCOC(=O)c1cnn(-c2ccc(NC(C)=O)cc2)c1. The Bertz CT molecular complexity index is 617. The summed E-state index contributed by atoms with van der Waals surface area (Å²) < 4.78 is 6.47. The van der Waals surface area contributed by atoms with Crippen LogP contribution in [0.15, 0.2) is 36.7 Å².